The minimum atomic E-state index is -0.619. The lowest BCUT2D eigenvalue weighted by molar-refractivity contribution is -0.144. The number of amides is 1. The van der Waals surface area contributed by atoms with E-state index in [1.807, 2.05) is 13.8 Å². The second kappa shape index (κ2) is 6.16. The summed E-state index contributed by atoms with van der Waals surface area (Å²) in [7, 11) is 1.31. The zero-order chi connectivity index (χ0) is 13.0. The average molecular weight is 320 g/mol. The van der Waals surface area contributed by atoms with Crippen molar-refractivity contribution in [3.8, 4) is 0 Å². The van der Waals surface area contributed by atoms with Gasteiger partial charge < -0.3 is 10.1 Å². The van der Waals surface area contributed by atoms with E-state index < -0.39 is 12.0 Å². The molecule has 0 saturated carbocycles. The van der Waals surface area contributed by atoms with Gasteiger partial charge in [-0.3, -0.25) is 4.79 Å². The summed E-state index contributed by atoms with van der Waals surface area (Å²) in [4.78, 5) is 23.3. The number of methoxy groups -OCH3 is 1. The molecule has 1 unspecified atom stereocenters. The third-order valence-electron chi connectivity index (χ3n) is 2.24. The predicted octanol–water partition coefficient (Wildman–Crippen LogP) is 2.44. The lowest BCUT2D eigenvalue weighted by Crippen LogP contribution is -2.44. The predicted molar refractivity (Wildman–Crippen MR) is 70.1 cm³/mol. The van der Waals surface area contributed by atoms with Gasteiger partial charge in [-0.15, -0.1) is 11.3 Å². The molecular formula is C11H14BrNO3S. The molecule has 1 rings (SSSR count). The first-order valence-electron chi connectivity index (χ1n) is 5.08. The topological polar surface area (TPSA) is 55.4 Å². The van der Waals surface area contributed by atoms with Gasteiger partial charge in [0.1, 0.15) is 6.04 Å². The first kappa shape index (κ1) is 14.2. The third-order valence-corrected chi connectivity index (χ3v) is 3.74. The van der Waals surface area contributed by atoms with Crippen LogP contribution in [0, 0.1) is 5.92 Å². The van der Waals surface area contributed by atoms with E-state index in [0.717, 1.165) is 3.79 Å². The van der Waals surface area contributed by atoms with Crippen molar-refractivity contribution < 1.29 is 14.3 Å². The molecule has 1 N–H and O–H groups in total. The summed E-state index contributed by atoms with van der Waals surface area (Å²) >= 11 is 4.71. The fraction of sp³-hybridized carbons (Fsp3) is 0.455. The van der Waals surface area contributed by atoms with Gasteiger partial charge >= 0.3 is 5.97 Å². The second-order valence-corrected chi connectivity index (χ2v) is 6.15. The van der Waals surface area contributed by atoms with Crippen LogP contribution in [0.15, 0.2) is 15.2 Å². The lowest BCUT2D eigenvalue weighted by Gasteiger charge is -2.19. The number of thiophene rings is 1. The molecule has 1 atom stereocenters. The van der Waals surface area contributed by atoms with E-state index in [0.29, 0.717) is 5.56 Å². The quantitative estimate of drug-likeness (QED) is 0.867. The number of nitrogens with one attached hydrogen (secondary N) is 1. The van der Waals surface area contributed by atoms with Crippen LogP contribution >= 0.6 is 27.3 Å². The number of ether oxygens (including phenoxy) is 1. The number of hydrogen-bond donors (Lipinski definition) is 1. The maximum atomic E-state index is 11.9. The van der Waals surface area contributed by atoms with Crippen molar-refractivity contribution in [3.63, 3.8) is 0 Å². The number of hydrogen-bond acceptors (Lipinski definition) is 4. The summed E-state index contributed by atoms with van der Waals surface area (Å²) in [6, 6.07) is 1.10. The van der Waals surface area contributed by atoms with E-state index in [2.05, 4.69) is 26.0 Å². The van der Waals surface area contributed by atoms with Gasteiger partial charge in [0.2, 0.25) is 0 Å². The Balaban J connectivity index is 2.74. The highest BCUT2D eigenvalue weighted by atomic mass is 79.9. The maximum Gasteiger partial charge on any atom is 0.328 e. The Kier molecular flexibility index (Phi) is 5.14. The molecule has 94 valence electrons. The smallest absolute Gasteiger partial charge is 0.328 e. The van der Waals surface area contributed by atoms with Gasteiger partial charge in [-0.1, -0.05) is 13.8 Å². The molecule has 0 saturated heterocycles. The van der Waals surface area contributed by atoms with Crippen molar-refractivity contribution in [1.82, 2.24) is 5.32 Å². The molecule has 0 aromatic carbocycles. The van der Waals surface area contributed by atoms with E-state index in [9.17, 15) is 9.59 Å². The molecule has 0 radical (unpaired) electrons. The van der Waals surface area contributed by atoms with Gasteiger partial charge in [0, 0.05) is 5.38 Å². The van der Waals surface area contributed by atoms with Gasteiger partial charge in [0.15, 0.2) is 0 Å². The van der Waals surface area contributed by atoms with Crippen molar-refractivity contribution in [3.05, 3.63) is 20.8 Å². The van der Waals surface area contributed by atoms with Crippen LogP contribution in [0.2, 0.25) is 0 Å². The van der Waals surface area contributed by atoms with E-state index in [-0.39, 0.29) is 11.8 Å². The fourth-order valence-corrected chi connectivity index (χ4v) is 2.42. The molecular weight excluding hydrogens is 306 g/mol. The Hall–Kier alpha value is -0.880. The molecule has 6 heteroatoms. The normalized spacial score (nSPS) is 12.3. The molecule has 1 amide bonds. The summed E-state index contributed by atoms with van der Waals surface area (Å²) in [5.41, 5.74) is 0.538. The van der Waals surface area contributed by atoms with Crippen LogP contribution < -0.4 is 5.32 Å². The Morgan fingerprint density at radius 1 is 1.47 bits per heavy atom. The Labute approximate surface area is 112 Å². The number of halogens is 1. The van der Waals surface area contributed by atoms with Crippen molar-refractivity contribution in [2.75, 3.05) is 7.11 Å². The number of esters is 1. The molecule has 0 fully saturated rings. The summed E-state index contributed by atoms with van der Waals surface area (Å²) in [5.74, 6) is -0.716. The zero-order valence-corrected chi connectivity index (χ0v) is 12.2. The molecule has 0 aliphatic heterocycles. The first-order chi connectivity index (χ1) is 7.95. The molecule has 0 aliphatic rings. The Bertz CT molecular complexity index is 417. The minimum absolute atomic E-state index is 0.0199. The molecule has 0 aliphatic carbocycles. The molecule has 1 aromatic heterocycles. The van der Waals surface area contributed by atoms with Crippen molar-refractivity contribution in [2.45, 2.75) is 19.9 Å². The van der Waals surface area contributed by atoms with Crippen LogP contribution in [0.1, 0.15) is 24.2 Å². The Morgan fingerprint density at radius 3 is 2.53 bits per heavy atom. The maximum absolute atomic E-state index is 11.9. The van der Waals surface area contributed by atoms with Crippen molar-refractivity contribution in [2.24, 2.45) is 5.92 Å². The van der Waals surface area contributed by atoms with Crippen LogP contribution in [0.3, 0.4) is 0 Å². The SMILES string of the molecule is COC(=O)C(NC(=O)c1csc(Br)c1)C(C)C. The summed E-state index contributed by atoms with van der Waals surface area (Å²) < 4.78 is 5.53. The molecule has 4 nitrogen and oxygen atoms in total. The van der Waals surface area contributed by atoms with E-state index in [4.69, 9.17) is 0 Å². The molecule has 0 spiro atoms. The highest BCUT2D eigenvalue weighted by Crippen LogP contribution is 2.20. The van der Waals surface area contributed by atoms with Crippen LogP contribution in [-0.2, 0) is 9.53 Å². The standard InChI is InChI=1S/C11H14BrNO3S/c1-6(2)9(11(15)16-3)13-10(14)7-4-8(12)17-5-7/h4-6,9H,1-3H3,(H,13,14). The molecule has 1 heterocycles. The van der Waals surface area contributed by atoms with Gasteiger partial charge in [0.05, 0.1) is 16.5 Å². The highest BCUT2D eigenvalue weighted by molar-refractivity contribution is 9.11. The van der Waals surface area contributed by atoms with Crippen molar-refractivity contribution >= 4 is 39.1 Å². The lowest BCUT2D eigenvalue weighted by atomic mass is 10.0. The minimum Gasteiger partial charge on any atom is -0.467 e. The van der Waals surface area contributed by atoms with Gasteiger partial charge in [-0.05, 0) is 27.9 Å². The monoisotopic (exact) mass is 319 g/mol. The van der Waals surface area contributed by atoms with E-state index >= 15 is 0 Å². The first-order valence-corrected chi connectivity index (χ1v) is 6.75. The van der Waals surface area contributed by atoms with Crippen LogP contribution in [0.4, 0.5) is 0 Å². The van der Waals surface area contributed by atoms with Crippen LogP contribution in [0.5, 0.6) is 0 Å². The third kappa shape index (κ3) is 3.81. The number of rotatable bonds is 4. The summed E-state index contributed by atoms with van der Waals surface area (Å²) in [5, 5.41) is 4.40. The van der Waals surface area contributed by atoms with E-state index in [1.165, 1.54) is 18.4 Å². The van der Waals surface area contributed by atoms with Crippen LogP contribution in [0.25, 0.3) is 0 Å². The second-order valence-electron chi connectivity index (χ2n) is 3.86. The highest BCUT2D eigenvalue weighted by Gasteiger charge is 2.25. The number of carbonyl (C=O) groups excluding carboxylic acids is 2. The zero-order valence-electron chi connectivity index (χ0n) is 9.82. The van der Waals surface area contributed by atoms with Crippen LogP contribution in [-0.4, -0.2) is 25.0 Å². The summed E-state index contributed by atoms with van der Waals surface area (Å²) in [6.07, 6.45) is 0. The molecule has 1 aromatic rings. The largest absolute Gasteiger partial charge is 0.467 e. The Morgan fingerprint density at radius 2 is 2.12 bits per heavy atom. The fourth-order valence-electron chi connectivity index (χ4n) is 1.28. The van der Waals surface area contributed by atoms with Gasteiger partial charge in [0.25, 0.3) is 5.91 Å². The number of carbonyl (C=O) groups is 2. The molecule has 17 heavy (non-hydrogen) atoms. The molecule has 0 bridgehead atoms. The van der Waals surface area contributed by atoms with E-state index in [1.54, 1.807) is 11.4 Å². The average Bonchev–Trinajstić information content (AvgIpc) is 2.71. The van der Waals surface area contributed by atoms with Crippen molar-refractivity contribution in [1.29, 1.82) is 0 Å². The van der Waals surface area contributed by atoms with Gasteiger partial charge in [-0.2, -0.15) is 0 Å². The summed E-state index contributed by atoms with van der Waals surface area (Å²) in [6.45, 7) is 3.71. The van der Waals surface area contributed by atoms with Gasteiger partial charge in [-0.25, -0.2) is 4.79 Å².